The maximum absolute atomic E-state index is 6.01. The number of hydrogen-bond donors (Lipinski definition) is 0. The molecule has 1 unspecified atom stereocenters. The second-order valence-corrected chi connectivity index (χ2v) is 6.35. The minimum Gasteiger partial charge on any atom is -0.323 e. The molecule has 1 atom stereocenters. The van der Waals surface area contributed by atoms with Crippen LogP contribution in [0.2, 0.25) is 0 Å². The van der Waals surface area contributed by atoms with Crippen LogP contribution in [0.3, 0.4) is 0 Å². The monoisotopic (exact) mass is 305 g/mol. The van der Waals surface area contributed by atoms with E-state index >= 15 is 0 Å². The average Bonchev–Trinajstić information content (AvgIpc) is 2.87. The predicted molar refractivity (Wildman–Crippen MR) is 89.3 cm³/mol. The zero-order chi connectivity index (χ0) is 14.8. The van der Waals surface area contributed by atoms with Crippen LogP contribution >= 0.6 is 11.6 Å². The van der Waals surface area contributed by atoms with Gasteiger partial charge in [0.1, 0.15) is 5.82 Å². The number of aryl methyl sites for hydroxylation is 2. The van der Waals surface area contributed by atoms with Crippen molar-refractivity contribution < 1.29 is 0 Å². The Bertz CT molecular complexity index is 620. The molecule has 3 nitrogen and oxygen atoms in total. The molecule has 1 saturated heterocycles. The first kappa shape index (κ1) is 14.9. The fourth-order valence-electron chi connectivity index (χ4n) is 3.55. The highest BCUT2D eigenvalue weighted by molar-refractivity contribution is 6.17. The molecule has 0 amide bonds. The SMILES string of the molecule is CCN1CCCC(n2c(CCCl)nc3cccc(C)c32)C1. The highest BCUT2D eigenvalue weighted by Crippen LogP contribution is 2.30. The summed E-state index contributed by atoms with van der Waals surface area (Å²) in [5.74, 6) is 1.78. The van der Waals surface area contributed by atoms with Gasteiger partial charge in [0.05, 0.1) is 11.0 Å². The van der Waals surface area contributed by atoms with Crippen LogP contribution in [0.15, 0.2) is 18.2 Å². The normalized spacial score (nSPS) is 20.2. The quantitative estimate of drug-likeness (QED) is 0.802. The number of halogens is 1. The van der Waals surface area contributed by atoms with Crippen molar-refractivity contribution in [3.8, 4) is 0 Å². The molecule has 2 aromatic rings. The van der Waals surface area contributed by atoms with Gasteiger partial charge in [-0.1, -0.05) is 19.1 Å². The lowest BCUT2D eigenvalue weighted by molar-refractivity contribution is 0.185. The largest absolute Gasteiger partial charge is 0.323 e. The molecule has 1 fully saturated rings. The number of benzene rings is 1. The van der Waals surface area contributed by atoms with E-state index in [4.69, 9.17) is 16.6 Å². The molecule has 114 valence electrons. The minimum absolute atomic E-state index is 0.531. The Balaban J connectivity index is 2.08. The van der Waals surface area contributed by atoms with Crippen LogP contribution in [0.4, 0.5) is 0 Å². The van der Waals surface area contributed by atoms with Crippen LogP contribution in [0, 0.1) is 6.92 Å². The summed E-state index contributed by atoms with van der Waals surface area (Å²) in [7, 11) is 0. The zero-order valence-corrected chi connectivity index (χ0v) is 13.7. The molecule has 1 aromatic heterocycles. The van der Waals surface area contributed by atoms with Gasteiger partial charge < -0.3 is 9.47 Å². The van der Waals surface area contributed by atoms with Crippen molar-refractivity contribution in [2.75, 3.05) is 25.5 Å². The first-order valence-corrected chi connectivity index (χ1v) is 8.52. The maximum Gasteiger partial charge on any atom is 0.111 e. The van der Waals surface area contributed by atoms with Crippen molar-refractivity contribution in [1.29, 1.82) is 0 Å². The van der Waals surface area contributed by atoms with Crippen molar-refractivity contribution in [3.63, 3.8) is 0 Å². The van der Waals surface area contributed by atoms with E-state index < -0.39 is 0 Å². The summed E-state index contributed by atoms with van der Waals surface area (Å²) in [5.41, 5.74) is 3.73. The van der Waals surface area contributed by atoms with Gasteiger partial charge in [0, 0.05) is 24.9 Å². The smallest absolute Gasteiger partial charge is 0.111 e. The molecule has 21 heavy (non-hydrogen) atoms. The number of rotatable bonds is 4. The fourth-order valence-corrected chi connectivity index (χ4v) is 3.72. The number of likely N-dealkylation sites (tertiary alicyclic amines) is 1. The molecule has 0 aliphatic carbocycles. The van der Waals surface area contributed by atoms with Gasteiger partial charge in [0.25, 0.3) is 0 Å². The lowest BCUT2D eigenvalue weighted by Crippen LogP contribution is -2.36. The van der Waals surface area contributed by atoms with Crippen LogP contribution in [0.25, 0.3) is 11.0 Å². The lowest BCUT2D eigenvalue weighted by atomic mass is 10.0. The Morgan fingerprint density at radius 2 is 2.24 bits per heavy atom. The number of nitrogens with zero attached hydrogens (tertiary/aromatic N) is 3. The number of likely N-dealkylation sites (N-methyl/N-ethyl adjacent to an activating group) is 1. The highest BCUT2D eigenvalue weighted by Gasteiger charge is 2.24. The van der Waals surface area contributed by atoms with Crippen LogP contribution in [-0.2, 0) is 6.42 Å². The van der Waals surface area contributed by atoms with Crippen molar-refractivity contribution in [2.24, 2.45) is 0 Å². The topological polar surface area (TPSA) is 21.1 Å². The number of aromatic nitrogens is 2. The van der Waals surface area contributed by atoms with Crippen molar-refractivity contribution >= 4 is 22.6 Å². The lowest BCUT2D eigenvalue weighted by Gasteiger charge is -2.34. The van der Waals surface area contributed by atoms with Crippen LogP contribution in [0.1, 0.15) is 37.2 Å². The van der Waals surface area contributed by atoms with Crippen molar-refractivity contribution in [2.45, 2.75) is 39.2 Å². The maximum atomic E-state index is 6.01. The van der Waals surface area contributed by atoms with Crippen molar-refractivity contribution in [3.05, 3.63) is 29.6 Å². The molecule has 3 rings (SSSR count). The molecular formula is C17H24ClN3. The first-order chi connectivity index (χ1) is 10.2. The number of fused-ring (bicyclic) bond motifs is 1. The standard InChI is InChI=1S/C17H24ClN3/c1-3-20-11-5-7-14(12-20)21-16(9-10-18)19-15-8-4-6-13(2)17(15)21/h4,6,8,14H,3,5,7,9-12H2,1-2H3. The molecule has 1 aliphatic rings. The molecule has 0 spiro atoms. The Labute approximate surface area is 131 Å². The van der Waals surface area contributed by atoms with Gasteiger partial charge in [0.15, 0.2) is 0 Å². The van der Waals surface area contributed by atoms with Gasteiger partial charge in [-0.05, 0) is 44.5 Å². The van der Waals surface area contributed by atoms with E-state index in [0.29, 0.717) is 11.9 Å². The van der Waals surface area contributed by atoms with Gasteiger partial charge in [-0.3, -0.25) is 0 Å². The third-order valence-corrected chi connectivity index (χ3v) is 4.79. The van der Waals surface area contributed by atoms with Crippen LogP contribution in [0.5, 0.6) is 0 Å². The Morgan fingerprint density at radius 1 is 1.38 bits per heavy atom. The second kappa shape index (κ2) is 6.37. The molecule has 1 aromatic carbocycles. The van der Waals surface area contributed by atoms with E-state index in [-0.39, 0.29) is 0 Å². The summed E-state index contributed by atoms with van der Waals surface area (Å²) >= 11 is 6.01. The molecule has 2 heterocycles. The van der Waals surface area contributed by atoms with Crippen LogP contribution < -0.4 is 0 Å². The summed E-state index contributed by atoms with van der Waals surface area (Å²) in [5, 5.41) is 0. The summed E-state index contributed by atoms with van der Waals surface area (Å²) in [6, 6.07) is 6.93. The molecular weight excluding hydrogens is 282 g/mol. The predicted octanol–water partition coefficient (Wildman–Crippen LogP) is 3.78. The number of alkyl halides is 1. The van der Waals surface area contributed by atoms with Crippen LogP contribution in [-0.4, -0.2) is 40.0 Å². The number of hydrogen-bond acceptors (Lipinski definition) is 2. The first-order valence-electron chi connectivity index (χ1n) is 7.99. The molecule has 0 saturated carbocycles. The number of imidazole rings is 1. The highest BCUT2D eigenvalue weighted by atomic mass is 35.5. The summed E-state index contributed by atoms with van der Waals surface area (Å²) in [4.78, 5) is 7.39. The van der Waals surface area contributed by atoms with Gasteiger partial charge in [-0.25, -0.2) is 4.98 Å². The Hall–Kier alpha value is -1.06. The molecule has 0 radical (unpaired) electrons. The van der Waals surface area contributed by atoms with E-state index in [1.807, 2.05) is 0 Å². The average molecular weight is 306 g/mol. The van der Waals surface area contributed by atoms with Gasteiger partial charge >= 0.3 is 0 Å². The molecule has 0 bridgehead atoms. The second-order valence-electron chi connectivity index (χ2n) is 5.97. The molecule has 4 heteroatoms. The van der Waals surface area contributed by atoms with Gasteiger partial charge in [-0.2, -0.15) is 0 Å². The summed E-state index contributed by atoms with van der Waals surface area (Å²) < 4.78 is 2.48. The molecule has 1 aliphatic heterocycles. The summed E-state index contributed by atoms with van der Waals surface area (Å²) in [6.45, 7) is 7.92. The van der Waals surface area contributed by atoms with Gasteiger partial charge in [0.2, 0.25) is 0 Å². The Morgan fingerprint density at radius 3 is 3.00 bits per heavy atom. The van der Waals surface area contributed by atoms with Gasteiger partial charge in [-0.15, -0.1) is 11.6 Å². The molecule has 0 N–H and O–H groups in total. The number of para-hydroxylation sites is 1. The van der Waals surface area contributed by atoms with E-state index in [2.05, 4.69) is 41.5 Å². The van der Waals surface area contributed by atoms with E-state index in [1.165, 1.54) is 30.5 Å². The minimum atomic E-state index is 0.531. The van der Waals surface area contributed by atoms with Crippen molar-refractivity contribution in [1.82, 2.24) is 14.5 Å². The summed E-state index contributed by atoms with van der Waals surface area (Å²) in [6.07, 6.45) is 3.36. The van der Waals surface area contributed by atoms with E-state index in [1.54, 1.807) is 0 Å². The Kier molecular flexibility index (Phi) is 4.51. The fraction of sp³-hybridized carbons (Fsp3) is 0.588. The third-order valence-electron chi connectivity index (χ3n) is 4.60. The number of piperidine rings is 1. The van der Waals surface area contributed by atoms with E-state index in [0.717, 1.165) is 30.9 Å². The zero-order valence-electron chi connectivity index (χ0n) is 13.0. The third kappa shape index (κ3) is 2.82. The van der Waals surface area contributed by atoms with E-state index in [9.17, 15) is 0 Å².